The first kappa shape index (κ1) is 9.86. The normalized spacial score (nSPS) is 11.0. The minimum absolute atomic E-state index is 0.954. The van der Waals surface area contributed by atoms with Crippen LogP contribution < -0.4 is 0 Å². The zero-order chi connectivity index (χ0) is 10.8. The van der Waals surface area contributed by atoms with Gasteiger partial charge in [-0.2, -0.15) is 0 Å². The maximum absolute atomic E-state index is 4.42. The Balaban J connectivity index is 1.74. The van der Waals surface area contributed by atoms with E-state index in [-0.39, 0.29) is 0 Å². The molecule has 0 aliphatic carbocycles. The lowest BCUT2D eigenvalue weighted by Crippen LogP contribution is -1.81. The van der Waals surface area contributed by atoms with Crippen LogP contribution in [0.5, 0.6) is 0 Å². The van der Waals surface area contributed by atoms with E-state index < -0.39 is 0 Å². The van der Waals surface area contributed by atoms with Gasteiger partial charge in [0.2, 0.25) is 4.96 Å². The number of thioether (sulfide) groups is 1. The van der Waals surface area contributed by atoms with Crippen molar-refractivity contribution in [2.75, 3.05) is 0 Å². The first-order valence-electron chi connectivity index (χ1n) is 4.89. The number of rotatable bonds is 3. The van der Waals surface area contributed by atoms with Crippen LogP contribution in [-0.4, -0.2) is 14.6 Å². The summed E-state index contributed by atoms with van der Waals surface area (Å²) in [6.07, 6.45) is 3.64. The molecule has 0 fully saturated rings. The van der Waals surface area contributed by atoms with Crippen molar-refractivity contribution in [2.45, 2.75) is 10.1 Å². The molecule has 5 heteroatoms. The smallest absolute Gasteiger partial charge is 0.212 e. The van der Waals surface area contributed by atoms with E-state index in [4.69, 9.17) is 0 Å². The Morgan fingerprint density at radius 2 is 2.12 bits per heavy atom. The summed E-state index contributed by atoms with van der Waals surface area (Å²) < 4.78 is 2.88. The molecule has 0 spiro atoms. The van der Waals surface area contributed by atoms with Gasteiger partial charge in [0.25, 0.3) is 0 Å². The van der Waals surface area contributed by atoms with E-state index in [0.29, 0.717) is 0 Å². The van der Waals surface area contributed by atoms with Gasteiger partial charge in [-0.1, -0.05) is 53.4 Å². The fraction of sp³-hybridized carbons (Fsp3) is 0.0909. The van der Waals surface area contributed by atoms with E-state index in [1.165, 1.54) is 5.56 Å². The zero-order valence-corrected chi connectivity index (χ0v) is 10.0. The lowest BCUT2D eigenvalue weighted by Gasteiger charge is -1.96. The monoisotopic (exact) mass is 247 g/mol. The van der Waals surface area contributed by atoms with E-state index in [1.54, 1.807) is 29.3 Å². The number of hydrogen-bond donors (Lipinski definition) is 0. The molecule has 0 radical (unpaired) electrons. The lowest BCUT2D eigenvalue weighted by molar-refractivity contribution is 0.915. The largest absolute Gasteiger partial charge is 0.226 e. The van der Waals surface area contributed by atoms with Gasteiger partial charge in [0.05, 0.1) is 6.20 Å². The molecule has 0 bridgehead atoms. The number of aromatic nitrogens is 3. The van der Waals surface area contributed by atoms with Crippen LogP contribution in [0.1, 0.15) is 5.56 Å². The number of hydrogen-bond acceptors (Lipinski definition) is 4. The fourth-order valence-electron chi connectivity index (χ4n) is 1.40. The van der Waals surface area contributed by atoms with E-state index in [2.05, 4.69) is 34.3 Å². The molecule has 2 aromatic heterocycles. The number of nitrogens with zero attached hydrogens (tertiary/aromatic N) is 3. The van der Waals surface area contributed by atoms with Crippen LogP contribution >= 0.6 is 23.1 Å². The Morgan fingerprint density at radius 1 is 1.25 bits per heavy atom. The molecule has 80 valence electrons. The summed E-state index contributed by atoms with van der Waals surface area (Å²) in [7, 11) is 0. The highest BCUT2D eigenvalue weighted by atomic mass is 32.2. The van der Waals surface area contributed by atoms with Crippen molar-refractivity contribution in [3.8, 4) is 0 Å². The van der Waals surface area contributed by atoms with Gasteiger partial charge < -0.3 is 0 Å². The molecule has 0 aliphatic heterocycles. The number of benzene rings is 1. The zero-order valence-electron chi connectivity index (χ0n) is 8.41. The maximum Gasteiger partial charge on any atom is 0.212 e. The van der Waals surface area contributed by atoms with Crippen molar-refractivity contribution < 1.29 is 0 Å². The van der Waals surface area contributed by atoms with Gasteiger partial charge in [-0.3, -0.25) is 0 Å². The Morgan fingerprint density at radius 3 is 2.94 bits per heavy atom. The molecular formula is C11H9N3S2. The van der Waals surface area contributed by atoms with E-state index >= 15 is 0 Å². The summed E-state index contributed by atoms with van der Waals surface area (Å²) in [5.41, 5.74) is 1.32. The maximum atomic E-state index is 4.42. The number of imidazole rings is 1. The molecule has 3 aromatic rings. The average molecular weight is 247 g/mol. The quantitative estimate of drug-likeness (QED) is 0.666. The van der Waals surface area contributed by atoms with Gasteiger partial charge in [-0.25, -0.2) is 9.50 Å². The third-order valence-electron chi connectivity index (χ3n) is 2.16. The van der Waals surface area contributed by atoms with Crippen molar-refractivity contribution in [3.05, 3.63) is 48.3 Å². The summed E-state index contributed by atoms with van der Waals surface area (Å²) >= 11 is 3.38. The lowest BCUT2D eigenvalue weighted by atomic mass is 10.2. The minimum Gasteiger partial charge on any atom is -0.226 e. The van der Waals surface area contributed by atoms with Gasteiger partial charge in [-0.15, -0.1) is 5.10 Å². The second kappa shape index (κ2) is 4.27. The Bertz CT molecular complexity index is 557. The van der Waals surface area contributed by atoms with Gasteiger partial charge in [-0.05, 0) is 5.56 Å². The molecule has 1 aromatic carbocycles. The van der Waals surface area contributed by atoms with Crippen LogP contribution in [0.15, 0.2) is 47.1 Å². The summed E-state index contributed by atoms with van der Waals surface area (Å²) in [4.78, 5) is 5.15. The van der Waals surface area contributed by atoms with Crippen LogP contribution in [0.25, 0.3) is 4.96 Å². The van der Waals surface area contributed by atoms with Gasteiger partial charge >= 0.3 is 0 Å². The summed E-state index contributed by atoms with van der Waals surface area (Å²) in [5, 5.41) is 4.42. The Kier molecular flexibility index (Phi) is 2.63. The third-order valence-corrected chi connectivity index (χ3v) is 4.30. The van der Waals surface area contributed by atoms with E-state index in [1.807, 2.05) is 16.8 Å². The van der Waals surface area contributed by atoms with Gasteiger partial charge in [0, 0.05) is 11.9 Å². The molecule has 0 amide bonds. The van der Waals surface area contributed by atoms with Gasteiger partial charge in [0.1, 0.15) is 0 Å². The predicted octanol–water partition coefficient (Wildman–Crippen LogP) is 3.08. The number of fused-ring (bicyclic) bond motifs is 1. The molecule has 3 nitrogen and oxygen atoms in total. The van der Waals surface area contributed by atoms with Crippen LogP contribution in [0.3, 0.4) is 0 Å². The molecule has 0 atom stereocenters. The second-order valence-electron chi connectivity index (χ2n) is 3.30. The Labute approximate surface area is 101 Å². The second-order valence-corrected chi connectivity index (χ2v) is 5.48. The molecule has 16 heavy (non-hydrogen) atoms. The SMILES string of the molecule is c1ccc(CSc2nn3ccnc3s2)cc1. The van der Waals surface area contributed by atoms with Crippen LogP contribution in [-0.2, 0) is 5.75 Å². The van der Waals surface area contributed by atoms with Crippen molar-refractivity contribution in [3.63, 3.8) is 0 Å². The summed E-state index contributed by atoms with van der Waals surface area (Å²) in [6, 6.07) is 10.4. The molecule has 0 saturated heterocycles. The molecular weight excluding hydrogens is 238 g/mol. The molecule has 0 N–H and O–H groups in total. The first-order valence-corrected chi connectivity index (χ1v) is 6.69. The molecule has 0 unspecified atom stereocenters. The average Bonchev–Trinajstić information content (AvgIpc) is 2.88. The standard InChI is InChI=1S/C11H9N3S2/c1-2-4-9(5-3-1)8-15-11-13-14-7-6-12-10(14)16-11/h1-7H,8H2. The highest BCUT2D eigenvalue weighted by molar-refractivity contribution is 8.00. The fourth-order valence-corrected chi connectivity index (χ4v) is 3.25. The van der Waals surface area contributed by atoms with Gasteiger partial charge in [0.15, 0.2) is 4.34 Å². The van der Waals surface area contributed by atoms with Crippen molar-refractivity contribution >= 4 is 28.1 Å². The van der Waals surface area contributed by atoms with Crippen LogP contribution in [0.2, 0.25) is 0 Å². The third kappa shape index (κ3) is 1.96. The predicted molar refractivity (Wildman–Crippen MR) is 66.9 cm³/mol. The van der Waals surface area contributed by atoms with Crippen molar-refractivity contribution in [1.29, 1.82) is 0 Å². The van der Waals surface area contributed by atoms with Crippen molar-refractivity contribution in [1.82, 2.24) is 14.6 Å². The summed E-state index contributed by atoms with van der Waals surface area (Å²) in [5.74, 6) is 0.956. The van der Waals surface area contributed by atoms with Crippen LogP contribution in [0.4, 0.5) is 0 Å². The molecule has 0 aliphatic rings. The summed E-state index contributed by atoms with van der Waals surface area (Å²) in [6.45, 7) is 0. The topological polar surface area (TPSA) is 30.2 Å². The first-order chi connectivity index (χ1) is 7.92. The van der Waals surface area contributed by atoms with Crippen LogP contribution in [0, 0.1) is 0 Å². The highest BCUT2D eigenvalue weighted by Gasteiger charge is 2.04. The Hall–Kier alpha value is -1.33. The molecule has 2 heterocycles. The molecule has 0 saturated carbocycles. The minimum atomic E-state index is 0.954. The highest BCUT2D eigenvalue weighted by Crippen LogP contribution is 2.26. The molecule has 3 rings (SSSR count). The van der Waals surface area contributed by atoms with E-state index in [9.17, 15) is 0 Å². The van der Waals surface area contributed by atoms with Crippen molar-refractivity contribution in [2.24, 2.45) is 0 Å². The van der Waals surface area contributed by atoms with E-state index in [0.717, 1.165) is 15.1 Å².